The van der Waals surface area contributed by atoms with Gasteiger partial charge in [-0.1, -0.05) is 42.8 Å². The smallest absolute Gasteiger partial charge is 0.250 e. The Morgan fingerprint density at radius 3 is 2.33 bits per heavy atom. The summed E-state index contributed by atoms with van der Waals surface area (Å²) in [6.07, 6.45) is -7.22. The Morgan fingerprint density at radius 1 is 0.983 bits per heavy atom. The van der Waals surface area contributed by atoms with Gasteiger partial charge in [-0.3, -0.25) is 14.4 Å². The third-order valence-corrected chi connectivity index (χ3v) is 11.2. The summed E-state index contributed by atoms with van der Waals surface area (Å²) >= 11 is 0. The monoisotopic (exact) mass is 808 g/mol. The Hall–Kier alpha value is -4.59. The lowest BCUT2D eigenvalue weighted by atomic mass is 9.88. The van der Waals surface area contributed by atoms with Gasteiger partial charge >= 0.3 is 0 Å². The lowest BCUT2D eigenvalue weighted by molar-refractivity contribution is -0.232. The third-order valence-electron chi connectivity index (χ3n) is 11.2. The van der Waals surface area contributed by atoms with Crippen molar-refractivity contribution < 1.29 is 53.8 Å². The van der Waals surface area contributed by atoms with Crippen molar-refractivity contribution in [3.63, 3.8) is 0 Å². The summed E-state index contributed by atoms with van der Waals surface area (Å²) in [7, 11) is 0. The van der Waals surface area contributed by atoms with Crippen molar-refractivity contribution in [2.45, 2.75) is 113 Å². The molecule has 0 aliphatic carbocycles. The van der Waals surface area contributed by atoms with E-state index in [-0.39, 0.29) is 37.2 Å². The molecule has 4 aliphatic rings. The molecule has 0 radical (unpaired) electrons. The number of nitrogens with one attached hydrogen (secondary N) is 2. The fourth-order valence-corrected chi connectivity index (χ4v) is 7.76. The number of aliphatic hydroxyl groups is 4. The highest BCUT2D eigenvalue weighted by atomic mass is 16.7. The molecule has 17 heteroatoms. The number of ether oxygens (including phenoxy) is 4. The van der Waals surface area contributed by atoms with E-state index in [4.69, 9.17) is 30.4 Å². The van der Waals surface area contributed by atoms with Gasteiger partial charge < -0.3 is 71.3 Å². The van der Waals surface area contributed by atoms with Gasteiger partial charge in [-0.2, -0.15) is 0 Å². The van der Waals surface area contributed by atoms with Gasteiger partial charge in [0.05, 0.1) is 5.92 Å². The van der Waals surface area contributed by atoms with Gasteiger partial charge in [-0.05, 0) is 49.6 Å². The Balaban J connectivity index is 1.00. The van der Waals surface area contributed by atoms with E-state index < -0.39 is 73.0 Å². The number of carbonyl (C=O) groups is 3. The zero-order chi connectivity index (χ0) is 41.5. The van der Waals surface area contributed by atoms with Crippen molar-refractivity contribution in [1.82, 2.24) is 15.5 Å². The van der Waals surface area contributed by atoms with Gasteiger partial charge in [0.15, 0.2) is 12.5 Å². The van der Waals surface area contributed by atoms with Crippen LogP contribution in [0.15, 0.2) is 73.2 Å². The zero-order valence-corrected chi connectivity index (χ0v) is 32.6. The van der Waals surface area contributed by atoms with Crippen molar-refractivity contribution in [3.05, 3.63) is 84.3 Å². The second-order valence-electron chi connectivity index (χ2n) is 15.3. The van der Waals surface area contributed by atoms with E-state index in [1.165, 1.54) is 22.7 Å². The van der Waals surface area contributed by atoms with Crippen LogP contribution in [0, 0.1) is 12.8 Å². The van der Waals surface area contributed by atoms with E-state index in [2.05, 4.69) is 53.3 Å². The highest BCUT2D eigenvalue weighted by Crippen LogP contribution is 2.36. The molecule has 4 aliphatic heterocycles. The van der Waals surface area contributed by atoms with Gasteiger partial charge in [0.1, 0.15) is 60.4 Å². The Labute approximate surface area is 337 Å². The molecule has 2 aromatic carbocycles. The Bertz CT molecular complexity index is 1760. The standard InChI is InChI=1S/C41H56N6O11/c1-23-7-13-27(14-8-23)55-28-15-18-46(19-16-28)26-11-9-25(10-12-26)22-44-31(48)6-4-3-5-29(39(43)54)37(58-41-36(53)33(50)30(21-42)56-41)38-34(51)35(52)40(57-38)47-20-17-32(49)45-24(47)2/h7-14,17,20,28-30,33-38,40-41,50-53H,2-6,15-16,18-19,21-22,42H2,1H3,(H2,43,54)(H,44,48)(H,45,49). The van der Waals surface area contributed by atoms with E-state index in [0.717, 1.165) is 42.9 Å². The maximum absolute atomic E-state index is 13.0. The number of anilines is 1. The van der Waals surface area contributed by atoms with Crippen molar-refractivity contribution in [2.24, 2.45) is 17.4 Å². The van der Waals surface area contributed by atoms with Gasteiger partial charge in [0, 0.05) is 63.4 Å². The summed E-state index contributed by atoms with van der Waals surface area (Å²) < 4.78 is 23.9. The molecule has 0 saturated carbocycles. The normalized spacial score (nSPS) is 28.7. The minimum Gasteiger partial charge on any atom is -0.490 e. The van der Waals surface area contributed by atoms with Crippen LogP contribution in [0.4, 0.5) is 5.69 Å². The molecule has 0 bridgehead atoms. The van der Waals surface area contributed by atoms with Crippen molar-refractivity contribution in [2.75, 3.05) is 24.5 Å². The number of aryl methyl sites for hydroxylation is 1. The first-order valence-corrected chi connectivity index (χ1v) is 19.8. The lowest BCUT2D eigenvalue weighted by Gasteiger charge is -2.35. The zero-order valence-electron chi connectivity index (χ0n) is 32.6. The highest BCUT2D eigenvalue weighted by Gasteiger charge is 2.54. The number of rotatable bonds is 17. The van der Waals surface area contributed by atoms with Crippen LogP contribution in [-0.2, 0) is 35.1 Å². The number of carbonyl (C=O) groups excluding carboxylic acids is 3. The maximum atomic E-state index is 13.0. The van der Waals surface area contributed by atoms with Gasteiger partial charge in [0.2, 0.25) is 11.8 Å². The van der Waals surface area contributed by atoms with Crippen LogP contribution in [-0.4, -0.2) is 124 Å². The first kappa shape index (κ1) is 43.0. The molecule has 58 heavy (non-hydrogen) atoms. The largest absolute Gasteiger partial charge is 0.490 e. The molecule has 4 heterocycles. The highest BCUT2D eigenvalue weighted by molar-refractivity contribution is 5.89. The van der Waals surface area contributed by atoms with Crippen LogP contribution in [0.5, 0.6) is 5.75 Å². The van der Waals surface area contributed by atoms with Gasteiger partial charge in [-0.15, -0.1) is 0 Å². The topological polar surface area (TPSA) is 252 Å². The first-order chi connectivity index (χ1) is 27.8. The van der Waals surface area contributed by atoms with Gasteiger partial charge in [-0.25, -0.2) is 0 Å². The molecule has 3 amide bonds. The number of benzene rings is 2. The van der Waals surface area contributed by atoms with E-state index >= 15 is 0 Å². The van der Waals surface area contributed by atoms with Crippen LogP contribution >= 0.6 is 0 Å². The van der Waals surface area contributed by atoms with E-state index in [0.29, 0.717) is 19.4 Å². The van der Waals surface area contributed by atoms with Gasteiger partial charge in [0.25, 0.3) is 5.91 Å². The number of hydrogen-bond donors (Lipinski definition) is 8. The molecule has 0 aromatic heterocycles. The van der Waals surface area contributed by atoms with Crippen LogP contribution in [0.2, 0.25) is 0 Å². The number of nitrogens with zero attached hydrogens (tertiary/aromatic N) is 2. The SMILES string of the molecule is C=C1NC(=O)C=CN1C1OC(C(OC2OC(CN)C(O)C2O)C(CCCCC(=O)NCc2ccc(N3CCC(Oc4ccc(C)cc4)CC3)cc2)C(N)=O)C(O)C1O. The Kier molecular flexibility index (Phi) is 14.4. The van der Waals surface area contributed by atoms with E-state index in [1.54, 1.807) is 0 Å². The molecule has 10 N–H and O–H groups in total. The summed E-state index contributed by atoms with van der Waals surface area (Å²) in [5.41, 5.74) is 14.8. The molecule has 6 rings (SSSR count). The molecular weight excluding hydrogens is 752 g/mol. The molecule has 10 atom stereocenters. The molecule has 316 valence electrons. The molecule has 0 spiro atoms. The average molecular weight is 809 g/mol. The van der Waals surface area contributed by atoms with Crippen LogP contribution in [0.3, 0.4) is 0 Å². The molecule has 10 unspecified atom stereocenters. The second kappa shape index (κ2) is 19.4. The van der Waals surface area contributed by atoms with Crippen LogP contribution < -0.4 is 31.7 Å². The van der Waals surface area contributed by atoms with Crippen molar-refractivity contribution in [1.29, 1.82) is 0 Å². The average Bonchev–Trinajstić information content (AvgIpc) is 3.66. The fourth-order valence-electron chi connectivity index (χ4n) is 7.76. The fraction of sp³-hybridized carbons (Fsp3) is 0.537. The second-order valence-corrected chi connectivity index (χ2v) is 15.3. The number of aliphatic hydroxyl groups excluding tert-OH is 4. The maximum Gasteiger partial charge on any atom is 0.250 e. The third kappa shape index (κ3) is 10.3. The molecule has 3 fully saturated rings. The summed E-state index contributed by atoms with van der Waals surface area (Å²) in [6.45, 7) is 7.79. The number of unbranched alkanes of at least 4 members (excludes halogenated alkanes) is 1. The minimum atomic E-state index is -1.64. The number of piperidine rings is 1. The summed E-state index contributed by atoms with van der Waals surface area (Å²) in [4.78, 5) is 41.3. The predicted molar refractivity (Wildman–Crippen MR) is 210 cm³/mol. The lowest BCUT2D eigenvalue weighted by Crippen LogP contribution is -2.50. The molecule has 17 nitrogen and oxygen atoms in total. The molecule has 3 saturated heterocycles. The van der Waals surface area contributed by atoms with Crippen LogP contribution in [0.25, 0.3) is 0 Å². The summed E-state index contributed by atoms with van der Waals surface area (Å²) in [6, 6.07) is 16.2. The van der Waals surface area contributed by atoms with Crippen molar-refractivity contribution >= 4 is 23.4 Å². The summed E-state index contributed by atoms with van der Waals surface area (Å²) in [5, 5.41) is 48.8. The summed E-state index contributed by atoms with van der Waals surface area (Å²) in [5.74, 6) is -1.66. The minimum absolute atomic E-state index is 0.0727. The first-order valence-electron chi connectivity index (χ1n) is 19.8. The number of nitrogens with two attached hydrogens (primary N) is 2. The quantitative estimate of drug-likeness (QED) is 0.0979. The number of primary amides is 1. The van der Waals surface area contributed by atoms with E-state index in [9.17, 15) is 34.8 Å². The molecular formula is C41H56N6O11. The number of amides is 3. The predicted octanol–water partition coefficient (Wildman–Crippen LogP) is -0.0251. The van der Waals surface area contributed by atoms with Crippen LogP contribution in [0.1, 0.15) is 49.7 Å². The van der Waals surface area contributed by atoms with E-state index in [1.807, 2.05) is 24.3 Å². The number of hydrogen-bond acceptors (Lipinski definition) is 14. The molecule has 2 aromatic rings. The Morgan fingerprint density at radius 2 is 1.69 bits per heavy atom. The van der Waals surface area contributed by atoms with Crippen molar-refractivity contribution in [3.8, 4) is 5.75 Å².